The van der Waals surface area contributed by atoms with Gasteiger partial charge in [0.2, 0.25) is 0 Å². The molecule has 0 spiro atoms. The molecule has 0 saturated carbocycles. The van der Waals surface area contributed by atoms with Crippen LogP contribution < -0.4 is 0 Å². The van der Waals surface area contributed by atoms with E-state index in [0.29, 0.717) is 5.92 Å². The van der Waals surface area contributed by atoms with E-state index in [-0.39, 0.29) is 0 Å². The second kappa shape index (κ2) is 7.16. The predicted octanol–water partition coefficient (Wildman–Crippen LogP) is 6.85. The van der Waals surface area contributed by atoms with Crippen LogP contribution in [0.2, 0.25) is 0 Å². The van der Waals surface area contributed by atoms with Crippen LogP contribution in [0.1, 0.15) is 30.9 Å². The first-order valence-electron chi connectivity index (χ1n) is 9.17. The normalized spacial score (nSPS) is 11.7. The van der Waals surface area contributed by atoms with Gasteiger partial charge in [0.15, 0.2) is 5.82 Å². The van der Waals surface area contributed by atoms with Gasteiger partial charge in [0, 0.05) is 11.8 Å². The molecule has 2 aromatic carbocycles. The fraction of sp³-hybridized carbons (Fsp3) is 0.174. The minimum atomic E-state index is 0.503. The Kier molecular flexibility index (Phi) is 4.55. The highest BCUT2D eigenvalue weighted by Crippen LogP contribution is 2.32. The molecule has 0 atom stereocenters. The molecule has 0 bridgehead atoms. The maximum atomic E-state index is 4.77. The molecule has 0 saturated heterocycles. The van der Waals surface area contributed by atoms with Gasteiger partial charge in [0.05, 0.1) is 5.69 Å². The van der Waals surface area contributed by atoms with Gasteiger partial charge in [-0.25, -0.2) is 4.98 Å². The van der Waals surface area contributed by atoms with Crippen LogP contribution in [0.4, 0.5) is 11.5 Å². The van der Waals surface area contributed by atoms with Crippen molar-refractivity contribution in [1.82, 2.24) is 9.38 Å². The van der Waals surface area contributed by atoms with Crippen molar-refractivity contribution in [3.8, 4) is 11.3 Å². The molecule has 0 aliphatic heterocycles. The lowest BCUT2D eigenvalue weighted by atomic mass is 10.0. The Balaban J connectivity index is 1.77. The number of aryl methyl sites for hydroxylation is 1. The molecule has 4 nitrogen and oxygen atoms in total. The van der Waals surface area contributed by atoms with Crippen molar-refractivity contribution < 1.29 is 0 Å². The number of rotatable bonds is 4. The van der Waals surface area contributed by atoms with E-state index >= 15 is 0 Å². The van der Waals surface area contributed by atoms with E-state index < -0.39 is 0 Å². The molecule has 0 N–H and O–H groups in total. The zero-order valence-electron chi connectivity index (χ0n) is 15.8. The van der Waals surface area contributed by atoms with Gasteiger partial charge in [-0.2, -0.15) is 0 Å². The van der Waals surface area contributed by atoms with Gasteiger partial charge in [-0.3, -0.25) is 4.40 Å². The molecule has 0 amide bonds. The fourth-order valence-corrected chi connectivity index (χ4v) is 3.01. The number of pyridine rings is 1. The number of aromatic nitrogens is 2. The number of benzene rings is 2. The minimum absolute atomic E-state index is 0.503. The third-order valence-corrected chi connectivity index (χ3v) is 4.65. The fourth-order valence-electron chi connectivity index (χ4n) is 3.01. The van der Waals surface area contributed by atoms with Crippen molar-refractivity contribution >= 4 is 17.2 Å². The van der Waals surface area contributed by atoms with Crippen molar-refractivity contribution in [1.29, 1.82) is 0 Å². The number of nitrogens with zero attached hydrogens (tertiary/aromatic N) is 4. The van der Waals surface area contributed by atoms with Crippen LogP contribution in [0.5, 0.6) is 0 Å². The summed E-state index contributed by atoms with van der Waals surface area (Å²) < 4.78 is 1.97. The lowest BCUT2D eigenvalue weighted by Gasteiger charge is -2.04. The second-order valence-corrected chi connectivity index (χ2v) is 7.03. The number of azo groups is 1. The summed E-state index contributed by atoms with van der Waals surface area (Å²) in [5, 5.41) is 9.03. The predicted molar refractivity (Wildman–Crippen MR) is 110 cm³/mol. The Morgan fingerprint density at radius 2 is 1.59 bits per heavy atom. The smallest absolute Gasteiger partial charge is 0.187 e. The molecule has 0 aliphatic rings. The summed E-state index contributed by atoms with van der Waals surface area (Å²) in [5.74, 6) is 1.24. The molecule has 4 aromatic rings. The molecular weight excluding hydrogens is 332 g/mol. The Hall–Kier alpha value is -3.27. The van der Waals surface area contributed by atoms with Gasteiger partial charge in [-0.05, 0) is 42.7 Å². The summed E-state index contributed by atoms with van der Waals surface area (Å²) >= 11 is 0. The van der Waals surface area contributed by atoms with E-state index in [0.717, 1.165) is 28.4 Å². The van der Waals surface area contributed by atoms with Crippen molar-refractivity contribution in [3.63, 3.8) is 0 Å². The van der Waals surface area contributed by atoms with Gasteiger partial charge < -0.3 is 0 Å². The summed E-state index contributed by atoms with van der Waals surface area (Å²) in [6.07, 6.45) is 1.97. The number of fused-ring (bicyclic) bond motifs is 1. The van der Waals surface area contributed by atoms with Crippen molar-refractivity contribution in [2.45, 2.75) is 26.7 Å². The van der Waals surface area contributed by atoms with E-state index in [1.54, 1.807) is 0 Å². The molecule has 4 heteroatoms. The van der Waals surface area contributed by atoms with Crippen molar-refractivity contribution in [2.75, 3.05) is 0 Å². The third-order valence-electron chi connectivity index (χ3n) is 4.65. The summed E-state index contributed by atoms with van der Waals surface area (Å²) in [7, 11) is 0. The Labute approximate surface area is 159 Å². The van der Waals surface area contributed by atoms with E-state index in [9.17, 15) is 0 Å². The monoisotopic (exact) mass is 354 g/mol. The number of hydrogen-bond donors (Lipinski definition) is 0. The van der Waals surface area contributed by atoms with Gasteiger partial charge in [-0.1, -0.05) is 61.9 Å². The topological polar surface area (TPSA) is 42.0 Å². The summed E-state index contributed by atoms with van der Waals surface area (Å²) in [6.45, 7) is 6.44. The molecule has 0 unspecified atom stereocenters. The van der Waals surface area contributed by atoms with Crippen LogP contribution in [-0.4, -0.2) is 9.38 Å². The zero-order valence-corrected chi connectivity index (χ0v) is 15.8. The number of hydrogen-bond acceptors (Lipinski definition) is 3. The first kappa shape index (κ1) is 17.2. The molecule has 134 valence electrons. The van der Waals surface area contributed by atoms with Gasteiger partial charge in [0.25, 0.3) is 0 Å². The molecular formula is C23H22N4. The maximum Gasteiger partial charge on any atom is 0.187 e. The molecule has 0 radical (unpaired) electrons. The Morgan fingerprint density at radius 1 is 0.852 bits per heavy atom. The largest absolute Gasteiger partial charge is 0.283 e. The maximum absolute atomic E-state index is 4.77. The van der Waals surface area contributed by atoms with Crippen molar-refractivity contribution in [2.24, 2.45) is 10.2 Å². The number of imidazole rings is 1. The van der Waals surface area contributed by atoms with Crippen LogP contribution >= 0.6 is 0 Å². The molecule has 27 heavy (non-hydrogen) atoms. The second-order valence-electron chi connectivity index (χ2n) is 7.03. The SMILES string of the molecule is Cc1ccc(-c2nc3ccccn3c2N=Nc2ccc(C(C)C)cc2)cc1. The lowest BCUT2D eigenvalue weighted by Crippen LogP contribution is -1.84. The van der Waals surface area contributed by atoms with E-state index in [4.69, 9.17) is 4.98 Å². The Morgan fingerprint density at radius 3 is 2.30 bits per heavy atom. The van der Waals surface area contributed by atoms with Gasteiger partial charge in [0.1, 0.15) is 11.3 Å². The highest BCUT2D eigenvalue weighted by atomic mass is 15.2. The molecule has 2 aromatic heterocycles. The average molecular weight is 354 g/mol. The van der Waals surface area contributed by atoms with E-state index in [1.807, 2.05) is 40.9 Å². The minimum Gasteiger partial charge on any atom is -0.283 e. The highest BCUT2D eigenvalue weighted by molar-refractivity contribution is 5.74. The molecule has 2 heterocycles. The quantitative estimate of drug-likeness (QED) is 0.370. The van der Waals surface area contributed by atoms with Crippen LogP contribution in [0.25, 0.3) is 16.9 Å². The summed E-state index contributed by atoms with van der Waals surface area (Å²) in [4.78, 5) is 4.77. The molecule has 0 aliphatic carbocycles. The zero-order chi connectivity index (χ0) is 18.8. The average Bonchev–Trinajstić information content (AvgIpc) is 3.06. The van der Waals surface area contributed by atoms with Gasteiger partial charge in [-0.15, -0.1) is 10.2 Å². The van der Waals surface area contributed by atoms with Crippen LogP contribution in [0.15, 0.2) is 83.2 Å². The molecule has 4 rings (SSSR count). The first-order valence-corrected chi connectivity index (χ1v) is 9.17. The van der Waals surface area contributed by atoms with Crippen LogP contribution in [-0.2, 0) is 0 Å². The van der Waals surface area contributed by atoms with Crippen LogP contribution in [0, 0.1) is 6.92 Å². The lowest BCUT2D eigenvalue weighted by molar-refractivity contribution is 0.866. The van der Waals surface area contributed by atoms with Gasteiger partial charge >= 0.3 is 0 Å². The summed E-state index contributed by atoms with van der Waals surface area (Å²) in [5.41, 5.74) is 6.08. The molecule has 0 fully saturated rings. The van der Waals surface area contributed by atoms with E-state index in [1.165, 1.54) is 11.1 Å². The summed E-state index contributed by atoms with van der Waals surface area (Å²) in [6, 6.07) is 22.5. The van der Waals surface area contributed by atoms with Crippen molar-refractivity contribution in [3.05, 3.63) is 84.1 Å². The highest BCUT2D eigenvalue weighted by Gasteiger charge is 2.13. The first-order chi connectivity index (χ1) is 13.1. The van der Waals surface area contributed by atoms with E-state index in [2.05, 4.69) is 67.4 Å². The third kappa shape index (κ3) is 3.51. The van der Waals surface area contributed by atoms with Crippen LogP contribution in [0.3, 0.4) is 0 Å². The standard InChI is InChI=1S/C23H22N4/c1-16(2)18-11-13-20(14-12-18)25-26-23-22(19-9-7-17(3)8-10-19)24-21-6-4-5-15-27(21)23/h4-16H,1-3H3. The Bertz CT molecular complexity index is 1090.